The van der Waals surface area contributed by atoms with Crippen molar-refractivity contribution in [2.75, 3.05) is 6.61 Å². The van der Waals surface area contributed by atoms with E-state index in [1.807, 2.05) is 4.57 Å². The summed E-state index contributed by atoms with van der Waals surface area (Å²) in [6.45, 7) is 0.702. The van der Waals surface area contributed by atoms with E-state index in [2.05, 4.69) is 4.98 Å². The molecule has 1 aromatic carbocycles. The lowest BCUT2D eigenvalue weighted by atomic mass is 9.94. The molecule has 0 spiro atoms. The Morgan fingerprint density at radius 3 is 2.71 bits per heavy atom. The van der Waals surface area contributed by atoms with Gasteiger partial charge in [0.05, 0.1) is 0 Å². The number of aromatic nitrogens is 2. The maximum atomic E-state index is 13.5. The number of halogens is 2. The predicted molar refractivity (Wildman–Crippen MR) is 75.8 cm³/mol. The quantitative estimate of drug-likeness (QED) is 0.856. The molecule has 1 aliphatic carbocycles. The molecule has 21 heavy (non-hydrogen) atoms. The van der Waals surface area contributed by atoms with Gasteiger partial charge in [0.2, 0.25) is 0 Å². The zero-order chi connectivity index (χ0) is 14.8. The summed E-state index contributed by atoms with van der Waals surface area (Å²) in [5.41, 5.74) is 2.52. The summed E-state index contributed by atoms with van der Waals surface area (Å²) in [4.78, 5) is 3.13. The van der Waals surface area contributed by atoms with E-state index >= 15 is 0 Å². The Morgan fingerprint density at radius 2 is 2.05 bits per heavy atom. The summed E-state index contributed by atoms with van der Waals surface area (Å²) in [5.74, 6) is -0.849. The van der Waals surface area contributed by atoms with Crippen molar-refractivity contribution in [2.24, 2.45) is 0 Å². The second-order valence-corrected chi connectivity index (χ2v) is 6.31. The first-order chi connectivity index (χ1) is 10.0. The zero-order valence-electron chi connectivity index (χ0n) is 11.2. The lowest BCUT2D eigenvalue weighted by molar-refractivity contribution is 0.298. The van der Waals surface area contributed by atoms with Crippen LogP contribution < -0.4 is 0 Å². The minimum atomic E-state index is -0.539. The molecular formula is C15H14F2N2OS. The van der Waals surface area contributed by atoms with Gasteiger partial charge in [0.15, 0.2) is 4.77 Å². The molecule has 0 unspecified atom stereocenters. The standard InChI is InChI=1S/C15H14F2N2OS/c16-9-3-8(4-10(17)5-9)15-6-11(15)13-12(1-2-20)18-14(21)19(13)7-15/h3-5,11,20H,1-2,6-7H2,(H,18,21)/t11-,15+/m0/s1. The van der Waals surface area contributed by atoms with Gasteiger partial charge in [-0.25, -0.2) is 8.78 Å². The molecule has 0 radical (unpaired) electrons. The van der Waals surface area contributed by atoms with Gasteiger partial charge in [-0.1, -0.05) is 0 Å². The molecule has 0 amide bonds. The SMILES string of the molecule is OCCc1[nH]c(=S)n2c1[C@@H]1C[C@]1(c1cc(F)cc(F)c1)C2. The number of hydrogen-bond donors (Lipinski definition) is 2. The number of aliphatic hydroxyl groups is 1. The highest BCUT2D eigenvalue weighted by Crippen LogP contribution is 2.66. The first kappa shape index (κ1) is 13.2. The van der Waals surface area contributed by atoms with E-state index in [4.69, 9.17) is 17.3 Å². The fourth-order valence-corrected chi connectivity index (χ4v) is 4.05. The number of rotatable bonds is 3. The van der Waals surface area contributed by atoms with Crippen LogP contribution >= 0.6 is 12.2 Å². The number of benzene rings is 1. The summed E-state index contributed by atoms with van der Waals surface area (Å²) in [5, 5.41) is 9.15. The van der Waals surface area contributed by atoms with Crippen LogP contribution in [0.15, 0.2) is 18.2 Å². The minimum Gasteiger partial charge on any atom is -0.396 e. The molecule has 6 heteroatoms. The van der Waals surface area contributed by atoms with Gasteiger partial charge in [-0.2, -0.15) is 0 Å². The van der Waals surface area contributed by atoms with Gasteiger partial charge in [-0.3, -0.25) is 0 Å². The average Bonchev–Trinajstić information content (AvgIpc) is 2.92. The van der Waals surface area contributed by atoms with Crippen molar-refractivity contribution in [1.82, 2.24) is 9.55 Å². The number of imidazole rings is 1. The third kappa shape index (κ3) is 1.75. The van der Waals surface area contributed by atoms with E-state index in [1.54, 1.807) is 0 Å². The Morgan fingerprint density at radius 1 is 1.33 bits per heavy atom. The van der Waals surface area contributed by atoms with Crippen LogP contribution in [0.4, 0.5) is 8.78 Å². The fraction of sp³-hybridized carbons (Fsp3) is 0.400. The van der Waals surface area contributed by atoms with Crippen LogP contribution in [0.25, 0.3) is 0 Å². The topological polar surface area (TPSA) is 40.9 Å². The number of fused-ring (bicyclic) bond motifs is 3. The maximum Gasteiger partial charge on any atom is 0.177 e. The van der Waals surface area contributed by atoms with E-state index in [9.17, 15) is 8.78 Å². The molecule has 2 N–H and O–H groups in total. The predicted octanol–water partition coefficient (Wildman–Crippen LogP) is 2.80. The largest absolute Gasteiger partial charge is 0.396 e. The third-order valence-electron chi connectivity index (χ3n) is 4.75. The van der Waals surface area contributed by atoms with E-state index in [-0.39, 0.29) is 17.9 Å². The second kappa shape index (κ2) is 4.24. The van der Waals surface area contributed by atoms with Crippen molar-refractivity contribution in [3.63, 3.8) is 0 Å². The molecule has 2 heterocycles. The lowest BCUT2D eigenvalue weighted by Gasteiger charge is -2.13. The van der Waals surface area contributed by atoms with Crippen LogP contribution in [0.1, 0.15) is 29.3 Å². The van der Waals surface area contributed by atoms with Gasteiger partial charge in [0.1, 0.15) is 11.6 Å². The van der Waals surface area contributed by atoms with Crippen molar-refractivity contribution in [2.45, 2.75) is 30.7 Å². The Balaban J connectivity index is 1.79. The molecule has 1 aromatic heterocycles. The molecular weight excluding hydrogens is 294 g/mol. The zero-order valence-corrected chi connectivity index (χ0v) is 12.0. The van der Waals surface area contributed by atoms with Crippen LogP contribution in [0.2, 0.25) is 0 Å². The van der Waals surface area contributed by atoms with E-state index < -0.39 is 11.6 Å². The number of H-pyrrole nitrogens is 1. The summed E-state index contributed by atoms with van der Waals surface area (Å²) < 4.78 is 29.6. The van der Waals surface area contributed by atoms with E-state index in [0.717, 1.165) is 23.9 Å². The Kier molecular flexibility index (Phi) is 2.65. The Labute approximate surface area is 125 Å². The van der Waals surface area contributed by atoms with Gasteiger partial charge < -0.3 is 14.7 Å². The van der Waals surface area contributed by atoms with Gasteiger partial charge in [-0.05, 0) is 36.3 Å². The molecule has 3 nitrogen and oxygen atoms in total. The number of aliphatic hydroxyl groups excluding tert-OH is 1. The maximum absolute atomic E-state index is 13.5. The van der Waals surface area contributed by atoms with Gasteiger partial charge in [0, 0.05) is 48.4 Å². The van der Waals surface area contributed by atoms with Crippen molar-refractivity contribution >= 4 is 12.2 Å². The highest BCUT2D eigenvalue weighted by molar-refractivity contribution is 7.71. The van der Waals surface area contributed by atoms with Crippen LogP contribution in [0.5, 0.6) is 0 Å². The molecule has 2 aliphatic rings. The highest BCUT2D eigenvalue weighted by Gasteiger charge is 2.62. The van der Waals surface area contributed by atoms with Crippen LogP contribution in [-0.4, -0.2) is 21.3 Å². The van der Waals surface area contributed by atoms with Crippen LogP contribution in [0.3, 0.4) is 0 Å². The Hall–Kier alpha value is -1.53. The number of aromatic amines is 1. The van der Waals surface area contributed by atoms with Gasteiger partial charge in [-0.15, -0.1) is 0 Å². The number of nitrogens with zero attached hydrogens (tertiary/aromatic N) is 1. The molecule has 110 valence electrons. The molecule has 2 atom stereocenters. The first-order valence-corrected chi connectivity index (χ1v) is 7.35. The molecule has 1 saturated carbocycles. The minimum absolute atomic E-state index is 0.0522. The van der Waals surface area contributed by atoms with Gasteiger partial charge in [0.25, 0.3) is 0 Å². The fourth-order valence-electron chi connectivity index (χ4n) is 3.76. The normalized spacial score (nSPS) is 25.8. The average molecular weight is 308 g/mol. The summed E-state index contributed by atoms with van der Waals surface area (Å²) in [7, 11) is 0. The molecule has 2 aromatic rings. The summed E-state index contributed by atoms with van der Waals surface area (Å²) >= 11 is 5.32. The first-order valence-electron chi connectivity index (χ1n) is 6.94. The molecule has 4 rings (SSSR count). The third-order valence-corrected chi connectivity index (χ3v) is 5.07. The van der Waals surface area contributed by atoms with E-state index in [1.165, 1.54) is 12.1 Å². The van der Waals surface area contributed by atoms with E-state index in [0.29, 0.717) is 23.3 Å². The monoisotopic (exact) mass is 308 g/mol. The summed E-state index contributed by atoms with van der Waals surface area (Å²) in [6, 6.07) is 3.75. The number of nitrogens with one attached hydrogen (secondary N) is 1. The molecule has 0 bridgehead atoms. The van der Waals surface area contributed by atoms with Crippen molar-refractivity contribution < 1.29 is 13.9 Å². The van der Waals surface area contributed by atoms with Crippen molar-refractivity contribution in [3.05, 3.63) is 51.6 Å². The second-order valence-electron chi connectivity index (χ2n) is 5.92. The molecule has 1 aliphatic heterocycles. The molecule has 0 saturated heterocycles. The summed E-state index contributed by atoms with van der Waals surface area (Å²) in [6.07, 6.45) is 1.40. The number of hydrogen-bond acceptors (Lipinski definition) is 2. The smallest absolute Gasteiger partial charge is 0.177 e. The molecule has 1 fully saturated rings. The van der Waals surface area contributed by atoms with Crippen LogP contribution in [0, 0.1) is 16.4 Å². The van der Waals surface area contributed by atoms with Crippen molar-refractivity contribution in [1.29, 1.82) is 0 Å². The lowest BCUT2D eigenvalue weighted by Crippen LogP contribution is -2.13. The van der Waals surface area contributed by atoms with Crippen LogP contribution in [-0.2, 0) is 18.4 Å². The van der Waals surface area contributed by atoms with Crippen molar-refractivity contribution in [3.8, 4) is 0 Å². The van der Waals surface area contributed by atoms with Gasteiger partial charge >= 0.3 is 0 Å². The highest BCUT2D eigenvalue weighted by atomic mass is 32.1. The Bertz CT molecular complexity index is 777.